The summed E-state index contributed by atoms with van der Waals surface area (Å²) in [5.74, 6) is 0.0937. The number of phenolic OH excluding ortho intramolecular Hbond substituents is 1. The fourth-order valence-corrected chi connectivity index (χ4v) is 2.90. The van der Waals surface area contributed by atoms with Crippen molar-refractivity contribution in [3.63, 3.8) is 0 Å². The fraction of sp³-hybridized carbons (Fsp3) is 0.500. The molecule has 0 amide bonds. The van der Waals surface area contributed by atoms with Crippen LogP contribution < -0.4 is 5.73 Å². The van der Waals surface area contributed by atoms with Crippen LogP contribution in [0.5, 0.6) is 5.75 Å². The van der Waals surface area contributed by atoms with Gasteiger partial charge in [-0.1, -0.05) is 35.7 Å². The second kappa shape index (κ2) is 8.38. The third-order valence-corrected chi connectivity index (χ3v) is 3.75. The molecule has 0 fully saturated rings. The van der Waals surface area contributed by atoms with Gasteiger partial charge in [0.15, 0.2) is 0 Å². The molecule has 1 aromatic carbocycles. The number of aromatic hydroxyl groups is 1. The minimum absolute atomic E-state index is 0. The lowest BCUT2D eigenvalue weighted by molar-refractivity contribution is 0.131. The van der Waals surface area contributed by atoms with Gasteiger partial charge >= 0.3 is 0 Å². The van der Waals surface area contributed by atoms with Gasteiger partial charge in [-0.05, 0) is 34.5 Å². The van der Waals surface area contributed by atoms with Crippen LogP contribution in [0.4, 0.5) is 0 Å². The van der Waals surface area contributed by atoms with Gasteiger partial charge in [0.25, 0.3) is 0 Å². The number of benzene rings is 1. The second-order valence-electron chi connectivity index (χ2n) is 4.06. The van der Waals surface area contributed by atoms with Gasteiger partial charge in [-0.25, -0.2) is 0 Å². The van der Waals surface area contributed by atoms with Crippen LogP contribution in [-0.4, -0.2) is 16.3 Å². The highest BCUT2D eigenvalue weighted by molar-refractivity contribution is 9.11. The molecule has 0 aliphatic carbocycles. The number of rotatable bonds is 5. The number of aliphatic hydroxyl groups is 1. The molecule has 0 saturated carbocycles. The molecule has 0 spiro atoms. The molecule has 0 aliphatic heterocycles. The number of aliphatic hydroxyl groups excluding tert-OH is 1. The van der Waals surface area contributed by atoms with Crippen LogP contribution >= 0.6 is 44.3 Å². The summed E-state index contributed by atoms with van der Waals surface area (Å²) in [6.45, 7) is 2.06. The van der Waals surface area contributed by atoms with E-state index in [1.54, 1.807) is 12.1 Å². The Bertz CT molecular complexity index is 391. The Balaban J connectivity index is 0.00000289. The van der Waals surface area contributed by atoms with E-state index < -0.39 is 12.1 Å². The van der Waals surface area contributed by atoms with Crippen molar-refractivity contribution in [2.24, 2.45) is 5.73 Å². The van der Waals surface area contributed by atoms with Crippen molar-refractivity contribution in [2.45, 2.75) is 38.3 Å². The summed E-state index contributed by atoms with van der Waals surface area (Å²) in [5.41, 5.74) is 6.52. The Hall–Kier alpha value is 0.190. The zero-order chi connectivity index (χ0) is 13.0. The van der Waals surface area contributed by atoms with E-state index in [4.69, 9.17) is 5.73 Å². The first-order valence-electron chi connectivity index (χ1n) is 5.59. The highest BCUT2D eigenvalue weighted by atomic mass is 79.9. The average Bonchev–Trinajstić information content (AvgIpc) is 2.29. The molecule has 1 aromatic rings. The molecule has 0 unspecified atom stereocenters. The summed E-state index contributed by atoms with van der Waals surface area (Å²) >= 11 is 6.59. The molecule has 0 saturated heterocycles. The zero-order valence-electron chi connectivity index (χ0n) is 10.1. The van der Waals surface area contributed by atoms with Crippen LogP contribution in [0.2, 0.25) is 0 Å². The molecular weight excluding hydrogens is 385 g/mol. The Kier molecular flexibility index (Phi) is 8.47. The monoisotopic (exact) mass is 401 g/mol. The number of unbranched alkanes of at least 4 members (excludes halogenated alkanes) is 1. The molecule has 4 N–H and O–H groups in total. The number of phenols is 1. The molecule has 6 heteroatoms. The van der Waals surface area contributed by atoms with E-state index in [0.717, 1.165) is 17.3 Å². The number of hydrogen-bond acceptors (Lipinski definition) is 3. The molecular formula is C12H18Br2ClNO2. The molecule has 3 nitrogen and oxygen atoms in total. The fourth-order valence-electron chi connectivity index (χ4n) is 1.64. The van der Waals surface area contributed by atoms with Crippen LogP contribution in [0, 0.1) is 0 Å². The van der Waals surface area contributed by atoms with Gasteiger partial charge < -0.3 is 15.9 Å². The highest BCUT2D eigenvalue weighted by Crippen LogP contribution is 2.36. The van der Waals surface area contributed by atoms with Crippen LogP contribution in [0.15, 0.2) is 21.1 Å². The van der Waals surface area contributed by atoms with E-state index >= 15 is 0 Å². The second-order valence-corrected chi connectivity index (χ2v) is 5.83. The lowest BCUT2D eigenvalue weighted by Gasteiger charge is -2.20. The predicted octanol–water partition coefficient (Wildman–Crippen LogP) is 3.89. The lowest BCUT2D eigenvalue weighted by Crippen LogP contribution is -2.26. The highest BCUT2D eigenvalue weighted by Gasteiger charge is 2.21. The topological polar surface area (TPSA) is 66.5 Å². The summed E-state index contributed by atoms with van der Waals surface area (Å²) in [4.78, 5) is 0. The van der Waals surface area contributed by atoms with E-state index in [0.29, 0.717) is 16.5 Å². The van der Waals surface area contributed by atoms with Crippen molar-refractivity contribution in [3.05, 3.63) is 26.6 Å². The summed E-state index contributed by atoms with van der Waals surface area (Å²) in [6.07, 6.45) is 1.94. The molecule has 0 heterocycles. The van der Waals surface area contributed by atoms with Crippen molar-refractivity contribution >= 4 is 44.3 Å². The van der Waals surface area contributed by atoms with E-state index in [1.165, 1.54) is 0 Å². The average molecular weight is 404 g/mol. The van der Waals surface area contributed by atoms with E-state index in [9.17, 15) is 10.2 Å². The molecule has 0 aromatic heterocycles. The smallest absolute Gasteiger partial charge is 0.134 e. The minimum Gasteiger partial charge on any atom is -0.506 e. The number of nitrogens with two attached hydrogens (primary N) is 1. The van der Waals surface area contributed by atoms with E-state index in [2.05, 4.69) is 38.8 Å². The molecule has 0 radical (unpaired) electrons. The molecule has 0 bridgehead atoms. The Labute approximate surface area is 130 Å². The largest absolute Gasteiger partial charge is 0.506 e. The van der Waals surface area contributed by atoms with Crippen molar-refractivity contribution in [1.29, 1.82) is 0 Å². The van der Waals surface area contributed by atoms with E-state index in [-0.39, 0.29) is 18.2 Å². The summed E-state index contributed by atoms with van der Waals surface area (Å²) in [6, 6.07) is 2.90. The Morgan fingerprint density at radius 3 is 2.50 bits per heavy atom. The Morgan fingerprint density at radius 1 is 1.33 bits per heavy atom. The van der Waals surface area contributed by atoms with Gasteiger partial charge in [0, 0.05) is 10.0 Å². The predicted molar refractivity (Wildman–Crippen MR) is 83.2 cm³/mol. The van der Waals surface area contributed by atoms with Crippen LogP contribution in [0.1, 0.15) is 37.8 Å². The molecule has 18 heavy (non-hydrogen) atoms. The quantitative estimate of drug-likeness (QED) is 0.699. The minimum atomic E-state index is -0.637. The van der Waals surface area contributed by atoms with Crippen molar-refractivity contribution in [2.75, 3.05) is 0 Å². The maximum atomic E-state index is 9.94. The van der Waals surface area contributed by atoms with Crippen LogP contribution in [0.25, 0.3) is 0 Å². The first-order chi connectivity index (χ1) is 7.97. The van der Waals surface area contributed by atoms with Gasteiger partial charge in [-0.2, -0.15) is 0 Å². The summed E-state index contributed by atoms with van der Waals surface area (Å²) in [5, 5.41) is 19.8. The number of halogens is 3. The number of hydrogen-bond donors (Lipinski definition) is 3. The van der Waals surface area contributed by atoms with Crippen molar-refractivity contribution in [3.8, 4) is 5.75 Å². The molecule has 2 atom stereocenters. The third kappa shape index (κ3) is 4.70. The Morgan fingerprint density at radius 2 is 1.94 bits per heavy atom. The van der Waals surface area contributed by atoms with Gasteiger partial charge in [-0.3, -0.25) is 0 Å². The molecule has 1 rings (SSSR count). The third-order valence-electron chi connectivity index (χ3n) is 2.68. The molecule has 0 aliphatic rings. The zero-order valence-corrected chi connectivity index (χ0v) is 14.1. The van der Waals surface area contributed by atoms with E-state index in [1.807, 2.05) is 0 Å². The maximum absolute atomic E-state index is 9.94. The van der Waals surface area contributed by atoms with Gasteiger partial charge in [-0.15, -0.1) is 12.4 Å². The van der Waals surface area contributed by atoms with Crippen LogP contribution in [0.3, 0.4) is 0 Å². The molecule has 104 valence electrons. The van der Waals surface area contributed by atoms with Gasteiger partial charge in [0.05, 0.1) is 16.6 Å². The summed E-state index contributed by atoms with van der Waals surface area (Å²) < 4.78 is 1.38. The first-order valence-corrected chi connectivity index (χ1v) is 7.17. The van der Waals surface area contributed by atoms with Crippen molar-refractivity contribution < 1.29 is 10.2 Å². The normalized spacial score (nSPS) is 13.8. The maximum Gasteiger partial charge on any atom is 0.134 e. The standard InChI is InChI=1S/C12H17Br2NO2.ClH/c1-2-3-4-10(16)11(15)8-5-7(13)6-9(14)12(8)17;/h5-6,10-11,16-17H,2-4,15H2,1H3;1H/t10-,11+;/m0./s1. The lowest BCUT2D eigenvalue weighted by atomic mass is 9.98. The van der Waals surface area contributed by atoms with Gasteiger partial charge in [0.1, 0.15) is 5.75 Å². The summed E-state index contributed by atoms with van der Waals surface area (Å²) in [7, 11) is 0. The van der Waals surface area contributed by atoms with Gasteiger partial charge in [0.2, 0.25) is 0 Å². The van der Waals surface area contributed by atoms with Crippen LogP contribution in [-0.2, 0) is 0 Å². The van der Waals surface area contributed by atoms with Crippen molar-refractivity contribution in [1.82, 2.24) is 0 Å². The first kappa shape index (κ1) is 18.2. The SMILES string of the molecule is CCCC[C@H](O)[C@H](N)c1cc(Br)cc(Br)c1O.Cl.